The standard InChI is InChI=1S/C18H12F3N3O3/c19-18(20,21)27-15-9-5-4-8-13(15)22-17(26)14-10-11-16(25)24(23-14)12-6-2-1-3-7-12/h1-11H,(H,22,26). The van der Waals surface area contributed by atoms with Crippen LogP contribution >= 0.6 is 0 Å². The van der Waals surface area contributed by atoms with Gasteiger partial charge in [-0.15, -0.1) is 13.2 Å². The van der Waals surface area contributed by atoms with E-state index in [1.54, 1.807) is 30.3 Å². The second-order valence-corrected chi connectivity index (χ2v) is 5.30. The molecule has 138 valence electrons. The molecule has 0 aliphatic rings. The zero-order valence-corrected chi connectivity index (χ0v) is 13.6. The molecule has 0 unspecified atom stereocenters. The van der Waals surface area contributed by atoms with E-state index in [4.69, 9.17) is 0 Å². The highest BCUT2D eigenvalue weighted by Gasteiger charge is 2.32. The SMILES string of the molecule is O=C(Nc1ccccc1OC(F)(F)F)c1ccc(=O)n(-c2ccccc2)n1. The minimum absolute atomic E-state index is 0.153. The van der Waals surface area contributed by atoms with Crippen LogP contribution in [0.15, 0.2) is 71.5 Å². The molecule has 0 saturated carbocycles. The Morgan fingerprint density at radius 3 is 2.33 bits per heavy atom. The Morgan fingerprint density at radius 2 is 1.63 bits per heavy atom. The maximum atomic E-state index is 12.5. The third-order valence-corrected chi connectivity index (χ3v) is 3.39. The molecule has 1 heterocycles. The first-order valence-electron chi connectivity index (χ1n) is 7.65. The molecule has 9 heteroatoms. The Labute approximate surface area is 150 Å². The summed E-state index contributed by atoms with van der Waals surface area (Å²) >= 11 is 0. The van der Waals surface area contributed by atoms with Crippen LogP contribution in [0.5, 0.6) is 5.75 Å². The average molecular weight is 375 g/mol. The van der Waals surface area contributed by atoms with Crippen LogP contribution in [0.3, 0.4) is 0 Å². The molecule has 0 spiro atoms. The Morgan fingerprint density at radius 1 is 0.963 bits per heavy atom. The fourth-order valence-corrected chi connectivity index (χ4v) is 2.26. The summed E-state index contributed by atoms with van der Waals surface area (Å²) in [7, 11) is 0. The first-order chi connectivity index (χ1) is 12.8. The molecule has 1 aromatic heterocycles. The number of amides is 1. The lowest BCUT2D eigenvalue weighted by Crippen LogP contribution is -2.25. The highest BCUT2D eigenvalue weighted by molar-refractivity contribution is 6.03. The van der Waals surface area contributed by atoms with Crippen LogP contribution in [0.2, 0.25) is 0 Å². The van der Waals surface area contributed by atoms with E-state index in [-0.39, 0.29) is 11.4 Å². The first-order valence-corrected chi connectivity index (χ1v) is 7.65. The van der Waals surface area contributed by atoms with Crippen molar-refractivity contribution in [3.05, 3.63) is 82.8 Å². The molecule has 0 fully saturated rings. The van der Waals surface area contributed by atoms with Crippen molar-refractivity contribution in [1.29, 1.82) is 0 Å². The molecule has 1 N–H and O–H groups in total. The van der Waals surface area contributed by atoms with E-state index < -0.39 is 23.6 Å². The number of hydrogen-bond acceptors (Lipinski definition) is 4. The van der Waals surface area contributed by atoms with Gasteiger partial charge in [0.2, 0.25) is 0 Å². The highest BCUT2D eigenvalue weighted by Crippen LogP contribution is 2.30. The number of benzene rings is 2. The Hall–Kier alpha value is -3.62. The van der Waals surface area contributed by atoms with Crippen LogP contribution in [0.4, 0.5) is 18.9 Å². The number of rotatable bonds is 4. The summed E-state index contributed by atoms with van der Waals surface area (Å²) in [5.74, 6) is -1.35. The lowest BCUT2D eigenvalue weighted by Gasteiger charge is -2.14. The van der Waals surface area contributed by atoms with Gasteiger partial charge in [-0.1, -0.05) is 30.3 Å². The molecule has 0 saturated heterocycles. The molecule has 2 aromatic carbocycles. The number of carbonyl (C=O) groups is 1. The molecule has 1 amide bonds. The van der Waals surface area contributed by atoms with E-state index >= 15 is 0 Å². The van der Waals surface area contributed by atoms with E-state index in [0.717, 1.165) is 16.8 Å². The minimum atomic E-state index is -4.90. The molecule has 27 heavy (non-hydrogen) atoms. The van der Waals surface area contributed by atoms with E-state index in [0.29, 0.717) is 5.69 Å². The van der Waals surface area contributed by atoms with Crippen molar-refractivity contribution in [2.24, 2.45) is 0 Å². The number of anilines is 1. The van der Waals surface area contributed by atoms with E-state index in [1.807, 2.05) is 0 Å². The van der Waals surface area contributed by atoms with E-state index in [9.17, 15) is 22.8 Å². The molecule has 0 atom stereocenters. The predicted octanol–water partition coefficient (Wildman–Crippen LogP) is 3.38. The van der Waals surface area contributed by atoms with Gasteiger partial charge < -0.3 is 10.1 Å². The zero-order chi connectivity index (χ0) is 19.4. The van der Waals surface area contributed by atoms with Crippen molar-refractivity contribution in [3.63, 3.8) is 0 Å². The van der Waals surface area contributed by atoms with Gasteiger partial charge in [0.1, 0.15) is 5.69 Å². The summed E-state index contributed by atoms with van der Waals surface area (Å²) in [5, 5.41) is 6.28. The quantitative estimate of drug-likeness (QED) is 0.759. The van der Waals surface area contributed by atoms with Crippen molar-refractivity contribution < 1.29 is 22.7 Å². The Bertz CT molecular complexity index is 1020. The Balaban J connectivity index is 1.89. The molecule has 3 rings (SSSR count). The smallest absolute Gasteiger partial charge is 0.404 e. The van der Waals surface area contributed by atoms with Crippen LogP contribution in [-0.4, -0.2) is 22.1 Å². The summed E-state index contributed by atoms with van der Waals surface area (Å²) in [6.45, 7) is 0. The van der Waals surface area contributed by atoms with Crippen molar-refractivity contribution in [2.75, 3.05) is 5.32 Å². The summed E-state index contributed by atoms with van der Waals surface area (Å²) in [6.07, 6.45) is -4.90. The summed E-state index contributed by atoms with van der Waals surface area (Å²) in [4.78, 5) is 24.4. The summed E-state index contributed by atoms with van der Waals surface area (Å²) in [6, 6.07) is 15.8. The first kappa shape index (κ1) is 18.2. The van der Waals surface area contributed by atoms with Crippen LogP contribution in [0.1, 0.15) is 10.5 Å². The number of para-hydroxylation sites is 3. The number of nitrogens with one attached hydrogen (secondary N) is 1. The molecule has 0 bridgehead atoms. The monoisotopic (exact) mass is 375 g/mol. The molecular weight excluding hydrogens is 363 g/mol. The lowest BCUT2D eigenvalue weighted by atomic mass is 10.2. The number of ether oxygens (including phenoxy) is 1. The second-order valence-electron chi connectivity index (χ2n) is 5.30. The van der Waals surface area contributed by atoms with Gasteiger partial charge in [-0.05, 0) is 30.3 Å². The number of carbonyl (C=O) groups excluding carboxylic acids is 1. The number of aromatic nitrogens is 2. The third kappa shape index (κ3) is 4.51. The van der Waals surface area contributed by atoms with Crippen molar-refractivity contribution in [2.45, 2.75) is 6.36 Å². The number of hydrogen-bond donors (Lipinski definition) is 1. The number of nitrogens with zero attached hydrogens (tertiary/aromatic N) is 2. The van der Waals surface area contributed by atoms with Crippen LogP contribution in [0.25, 0.3) is 5.69 Å². The molecular formula is C18H12F3N3O3. The van der Waals surface area contributed by atoms with Gasteiger partial charge in [-0.2, -0.15) is 9.78 Å². The van der Waals surface area contributed by atoms with Crippen molar-refractivity contribution in [1.82, 2.24) is 9.78 Å². The van der Waals surface area contributed by atoms with Gasteiger partial charge in [0, 0.05) is 6.07 Å². The van der Waals surface area contributed by atoms with Crippen LogP contribution in [0, 0.1) is 0 Å². The predicted molar refractivity (Wildman–Crippen MR) is 90.9 cm³/mol. The minimum Gasteiger partial charge on any atom is -0.404 e. The Kier molecular flexibility index (Phi) is 4.93. The second kappa shape index (κ2) is 7.32. The zero-order valence-electron chi connectivity index (χ0n) is 13.6. The van der Waals surface area contributed by atoms with Gasteiger partial charge in [-0.3, -0.25) is 9.59 Å². The lowest BCUT2D eigenvalue weighted by molar-refractivity contribution is -0.274. The molecule has 3 aromatic rings. The van der Waals surface area contributed by atoms with Gasteiger partial charge in [-0.25, -0.2) is 0 Å². The average Bonchev–Trinajstić information content (AvgIpc) is 2.63. The molecule has 0 aliphatic heterocycles. The van der Waals surface area contributed by atoms with Crippen LogP contribution < -0.4 is 15.6 Å². The fourth-order valence-electron chi connectivity index (χ4n) is 2.26. The summed E-state index contributed by atoms with van der Waals surface area (Å²) < 4.78 is 42.4. The fraction of sp³-hybridized carbons (Fsp3) is 0.0556. The number of alkyl halides is 3. The van der Waals surface area contributed by atoms with Crippen LogP contribution in [-0.2, 0) is 0 Å². The topological polar surface area (TPSA) is 73.2 Å². The largest absolute Gasteiger partial charge is 0.573 e. The van der Waals surface area contributed by atoms with E-state index in [1.165, 1.54) is 24.3 Å². The van der Waals surface area contributed by atoms with Gasteiger partial charge in [0.15, 0.2) is 5.75 Å². The number of halogens is 3. The molecule has 0 aliphatic carbocycles. The summed E-state index contributed by atoms with van der Waals surface area (Å²) in [5.41, 5.74) is -0.351. The maximum Gasteiger partial charge on any atom is 0.573 e. The highest BCUT2D eigenvalue weighted by atomic mass is 19.4. The van der Waals surface area contributed by atoms with Gasteiger partial charge >= 0.3 is 6.36 Å². The van der Waals surface area contributed by atoms with Gasteiger partial charge in [0.05, 0.1) is 11.4 Å². The normalized spacial score (nSPS) is 11.1. The molecule has 0 radical (unpaired) electrons. The maximum absolute atomic E-state index is 12.5. The third-order valence-electron chi connectivity index (χ3n) is 3.39. The van der Waals surface area contributed by atoms with Gasteiger partial charge in [0.25, 0.3) is 11.5 Å². The van der Waals surface area contributed by atoms with Crippen molar-refractivity contribution in [3.8, 4) is 11.4 Å². The van der Waals surface area contributed by atoms with Crippen molar-refractivity contribution >= 4 is 11.6 Å². The molecule has 6 nitrogen and oxygen atoms in total. The van der Waals surface area contributed by atoms with E-state index in [2.05, 4.69) is 15.2 Å².